The number of hydrogen-bond acceptors (Lipinski definition) is 2. The summed E-state index contributed by atoms with van der Waals surface area (Å²) >= 11 is 2.95. The Kier molecular flexibility index (Phi) is 1.97. The molecule has 10 heavy (non-hydrogen) atoms. The van der Waals surface area contributed by atoms with Gasteiger partial charge in [-0.25, -0.2) is 4.98 Å². The van der Waals surface area contributed by atoms with E-state index in [2.05, 4.69) is 20.9 Å². The molecule has 0 fully saturated rings. The summed E-state index contributed by atoms with van der Waals surface area (Å²) in [6.45, 7) is 0. The Hall–Kier alpha value is -0.950. The molecule has 1 rings (SSSR count). The summed E-state index contributed by atoms with van der Waals surface area (Å²) in [5.74, 6) is -0.647. The van der Waals surface area contributed by atoms with Crippen LogP contribution in [0.15, 0.2) is 16.7 Å². The van der Waals surface area contributed by atoms with Crippen LogP contribution in [0.2, 0.25) is 0 Å². The first kappa shape index (κ1) is 7.16. The second-order valence-electron chi connectivity index (χ2n) is 1.61. The fraction of sp³-hybridized carbons (Fsp3) is 0. The molecule has 0 saturated carbocycles. The molecule has 0 radical (unpaired) electrons. The van der Waals surface area contributed by atoms with Gasteiger partial charge in [-0.05, 0) is 22.0 Å². The number of rotatable bonds is 0. The van der Waals surface area contributed by atoms with Crippen LogP contribution in [0.5, 0.6) is 0 Å². The lowest BCUT2D eigenvalue weighted by Crippen LogP contribution is -1.84. The highest BCUT2D eigenvalue weighted by molar-refractivity contribution is 9.10. The van der Waals surface area contributed by atoms with E-state index in [9.17, 15) is 4.39 Å². The number of hydrogen-bond donors (Lipinski definition) is 0. The molecule has 50 valence electrons. The highest BCUT2D eigenvalue weighted by Gasteiger charge is 1.97. The quantitative estimate of drug-likeness (QED) is 0.600. The minimum Gasteiger partial charge on any atom is -0.213 e. The average molecular weight is 201 g/mol. The van der Waals surface area contributed by atoms with Gasteiger partial charge < -0.3 is 0 Å². The summed E-state index contributed by atoms with van der Waals surface area (Å²) in [7, 11) is 0. The Morgan fingerprint density at radius 2 is 2.30 bits per heavy atom. The van der Waals surface area contributed by atoms with E-state index < -0.39 is 5.95 Å². The molecule has 0 saturated heterocycles. The summed E-state index contributed by atoms with van der Waals surface area (Å²) in [4.78, 5) is 3.38. The Bertz CT molecular complexity index is 272. The van der Waals surface area contributed by atoms with Gasteiger partial charge in [0.25, 0.3) is 0 Å². The Balaban J connectivity index is 3.22. The highest BCUT2D eigenvalue weighted by atomic mass is 79.9. The van der Waals surface area contributed by atoms with Crippen LogP contribution in [-0.4, -0.2) is 4.98 Å². The largest absolute Gasteiger partial charge is 0.215 e. The molecule has 0 unspecified atom stereocenters. The normalized spacial score (nSPS) is 8.90. The van der Waals surface area contributed by atoms with Crippen molar-refractivity contribution in [2.45, 2.75) is 0 Å². The summed E-state index contributed by atoms with van der Waals surface area (Å²) in [5.41, 5.74) is 0.263. The molecule has 0 spiro atoms. The molecule has 0 aliphatic carbocycles. The fourth-order valence-corrected chi connectivity index (χ4v) is 0.945. The summed E-state index contributed by atoms with van der Waals surface area (Å²) in [5, 5.41) is 8.32. The van der Waals surface area contributed by atoms with E-state index in [0.29, 0.717) is 4.60 Å². The van der Waals surface area contributed by atoms with Crippen LogP contribution in [0.1, 0.15) is 5.56 Å². The summed E-state index contributed by atoms with van der Waals surface area (Å²) in [6, 6.07) is 4.32. The molecule has 1 aromatic rings. The topological polar surface area (TPSA) is 36.7 Å². The fourth-order valence-electron chi connectivity index (χ4n) is 0.529. The van der Waals surface area contributed by atoms with Gasteiger partial charge in [-0.2, -0.15) is 9.65 Å². The molecule has 0 amide bonds. The van der Waals surface area contributed by atoms with Crippen LogP contribution in [0, 0.1) is 17.3 Å². The van der Waals surface area contributed by atoms with Gasteiger partial charge in [0, 0.05) is 6.07 Å². The lowest BCUT2D eigenvalue weighted by molar-refractivity contribution is 0.580. The predicted molar refractivity (Wildman–Crippen MR) is 36.6 cm³/mol. The molecule has 1 heterocycles. The number of aromatic nitrogens is 1. The van der Waals surface area contributed by atoms with Crippen molar-refractivity contribution in [2.24, 2.45) is 0 Å². The van der Waals surface area contributed by atoms with Crippen molar-refractivity contribution in [1.29, 1.82) is 5.26 Å². The zero-order valence-corrected chi connectivity index (χ0v) is 6.39. The van der Waals surface area contributed by atoms with Crippen molar-refractivity contribution >= 4 is 15.9 Å². The number of pyridine rings is 1. The average Bonchev–Trinajstić information content (AvgIpc) is 1.85. The second-order valence-corrected chi connectivity index (χ2v) is 2.43. The monoisotopic (exact) mass is 200 g/mol. The number of nitrogens with zero attached hydrogens (tertiary/aromatic N) is 2. The lowest BCUT2D eigenvalue weighted by Gasteiger charge is -1.89. The smallest absolute Gasteiger partial charge is 0.213 e. The molecule has 0 bridgehead atoms. The van der Waals surface area contributed by atoms with Gasteiger partial charge in [-0.1, -0.05) is 0 Å². The Morgan fingerprint density at radius 3 is 2.80 bits per heavy atom. The second kappa shape index (κ2) is 2.76. The van der Waals surface area contributed by atoms with Crippen LogP contribution >= 0.6 is 15.9 Å². The highest BCUT2D eigenvalue weighted by Crippen LogP contribution is 2.09. The SMILES string of the molecule is N#Cc1cc(F)nc(Br)c1. The van der Waals surface area contributed by atoms with Crippen molar-refractivity contribution in [1.82, 2.24) is 4.98 Å². The van der Waals surface area contributed by atoms with Crippen LogP contribution < -0.4 is 0 Å². The summed E-state index contributed by atoms with van der Waals surface area (Å²) in [6.07, 6.45) is 0. The van der Waals surface area contributed by atoms with Crippen LogP contribution in [-0.2, 0) is 0 Å². The summed E-state index contributed by atoms with van der Waals surface area (Å²) < 4.78 is 12.7. The van der Waals surface area contributed by atoms with Gasteiger partial charge >= 0.3 is 0 Å². The molecule has 4 heteroatoms. The van der Waals surface area contributed by atoms with Crippen LogP contribution in [0.3, 0.4) is 0 Å². The van der Waals surface area contributed by atoms with Crippen molar-refractivity contribution in [3.63, 3.8) is 0 Å². The zero-order valence-electron chi connectivity index (χ0n) is 4.81. The number of nitriles is 1. The molecular formula is C6H2BrFN2. The van der Waals surface area contributed by atoms with Gasteiger partial charge in [0.1, 0.15) is 4.60 Å². The van der Waals surface area contributed by atoms with E-state index in [4.69, 9.17) is 5.26 Å². The van der Waals surface area contributed by atoms with Crippen LogP contribution in [0.4, 0.5) is 4.39 Å². The van der Waals surface area contributed by atoms with E-state index in [1.165, 1.54) is 6.07 Å². The van der Waals surface area contributed by atoms with Crippen molar-refractivity contribution in [3.8, 4) is 6.07 Å². The number of halogens is 2. The van der Waals surface area contributed by atoms with E-state index in [1.54, 1.807) is 6.07 Å². The van der Waals surface area contributed by atoms with E-state index in [-0.39, 0.29) is 5.56 Å². The zero-order chi connectivity index (χ0) is 7.56. The third-order valence-electron chi connectivity index (χ3n) is 0.892. The molecule has 0 aliphatic heterocycles. The van der Waals surface area contributed by atoms with Crippen LogP contribution in [0.25, 0.3) is 0 Å². The molecule has 0 aliphatic rings. The Labute approximate surface area is 65.4 Å². The molecule has 2 nitrogen and oxygen atoms in total. The molecule has 0 atom stereocenters. The van der Waals surface area contributed by atoms with Crippen molar-refractivity contribution in [2.75, 3.05) is 0 Å². The minimum atomic E-state index is -0.647. The molecule has 0 N–H and O–H groups in total. The maximum absolute atomic E-state index is 12.3. The molecule has 1 aromatic heterocycles. The third kappa shape index (κ3) is 1.52. The molecule has 0 aromatic carbocycles. The predicted octanol–water partition coefficient (Wildman–Crippen LogP) is 1.85. The van der Waals surface area contributed by atoms with Gasteiger partial charge in [-0.15, -0.1) is 0 Å². The van der Waals surface area contributed by atoms with E-state index in [0.717, 1.165) is 6.07 Å². The van der Waals surface area contributed by atoms with Gasteiger partial charge in [-0.3, -0.25) is 0 Å². The first-order chi connectivity index (χ1) is 4.72. The minimum absolute atomic E-state index is 0.263. The van der Waals surface area contributed by atoms with E-state index >= 15 is 0 Å². The first-order valence-corrected chi connectivity index (χ1v) is 3.25. The van der Waals surface area contributed by atoms with Gasteiger partial charge in [0.05, 0.1) is 11.6 Å². The Morgan fingerprint density at radius 1 is 1.60 bits per heavy atom. The maximum Gasteiger partial charge on any atom is 0.215 e. The van der Waals surface area contributed by atoms with E-state index in [1.807, 2.05) is 0 Å². The van der Waals surface area contributed by atoms with Gasteiger partial charge in [0.2, 0.25) is 5.95 Å². The molecular weight excluding hydrogens is 199 g/mol. The first-order valence-electron chi connectivity index (χ1n) is 2.45. The maximum atomic E-state index is 12.3. The van der Waals surface area contributed by atoms with Crippen molar-refractivity contribution in [3.05, 3.63) is 28.2 Å². The van der Waals surface area contributed by atoms with Crippen molar-refractivity contribution < 1.29 is 4.39 Å². The third-order valence-corrected chi connectivity index (χ3v) is 1.30. The van der Waals surface area contributed by atoms with Gasteiger partial charge in [0.15, 0.2) is 0 Å². The standard InChI is InChI=1S/C6H2BrFN2/c7-5-1-4(3-9)2-6(8)10-5/h1-2H. The lowest BCUT2D eigenvalue weighted by atomic mass is 10.3.